The first-order valence-corrected chi connectivity index (χ1v) is 5.75. The highest BCUT2D eigenvalue weighted by Crippen LogP contribution is 2.25. The molecule has 1 aromatic carbocycles. The van der Waals surface area contributed by atoms with Gasteiger partial charge in [0.15, 0.2) is 11.0 Å². The van der Waals surface area contributed by atoms with Crippen molar-refractivity contribution in [3.8, 4) is 11.8 Å². The molecule has 0 aliphatic heterocycles. The maximum Gasteiger partial charge on any atom is 0.159 e. The molecule has 0 aliphatic rings. The highest BCUT2D eigenvalue weighted by Gasteiger charge is 2.05. The lowest BCUT2D eigenvalue weighted by molar-refractivity contribution is 1.01. The fourth-order valence-corrected chi connectivity index (χ4v) is 1.77. The number of rotatable bonds is 3. The molecule has 0 bridgehead atoms. The van der Waals surface area contributed by atoms with Crippen molar-refractivity contribution in [2.45, 2.75) is 13.3 Å². The molecule has 0 unspecified atom stereocenters. The molecule has 0 amide bonds. The van der Waals surface area contributed by atoms with Crippen LogP contribution in [0.15, 0.2) is 24.3 Å². The Labute approximate surface area is 105 Å². The van der Waals surface area contributed by atoms with Crippen LogP contribution in [0, 0.1) is 11.8 Å². The molecule has 0 saturated heterocycles. The van der Waals surface area contributed by atoms with Crippen molar-refractivity contribution in [2.75, 3.05) is 11.9 Å². The van der Waals surface area contributed by atoms with Crippen LogP contribution in [-0.4, -0.2) is 16.7 Å². The van der Waals surface area contributed by atoms with Gasteiger partial charge in [-0.3, -0.25) is 0 Å². The van der Waals surface area contributed by atoms with Crippen molar-refractivity contribution >= 4 is 28.2 Å². The molecular weight excluding hydrogens is 234 g/mol. The molecule has 2 rings (SSSR count). The van der Waals surface area contributed by atoms with E-state index in [1.807, 2.05) is 31.2 Å². The standard InChI is InChI=1S/C13H12ClN3/c1-2-3-6-9-15-13-11-8-5-4-7-10(11)12(14)16-17-13/h4-5,7-8H,6,9H2,1H3,(H,15,17). The number of halogens is 1. The monoisotopic (exact) mass is 245 g/mol. The molecule has 17 heavy (non-hydrogen) atoms. The summed E-state index contributed by atoms with van der Waals surface area (Å²) in [6.07, 6.45) is 0.787. The number of benzene rings is 1. The van der Waals surface area contributed by atoms with Crippen LogP contribution in [0.25, 0.3) is 10.8 Å². The smallest absolute Gasteiger partial charge is 0.159 e. The Morgan fingerprint density at radius 1 is 1.24 bits per heavy atom. The molecular formula is C13H12ClN3. The Hall–Kier alpha value is -1.79. The molecule has 1 N–H and O–H groups in total. The molecule has 86 valence electrons. The van der Waals surface area contributed by atoms with Gasteiger partial charge >= 0.3 is 0 Å². The minimum Gasteiger partial charge on any atom is -0.367 e. The maximum atomic E-state index is 5.99. The Bertz CT molecular complexity index is 584. The van der Waals surface area contributed by atoms with Crippen LogP contribution in [0.5, 0.6) is 0 Å². The number of nitrogens with zero attached hydrogens (tertiary/aromatic N) is 2. The fraction of sp³-hybridized carbons (Fsp3) is 0.231. The zero-order valence-corrected chi connectivity index (χ0v) is 10.3. The first-order chi connectivity index (χ1) is 8.33. The summed E-state index contributed by atoms with van der Waals surface area (Å²) in [5, 5.41) is 13.5. The van der Waals surface area contributed by atoms with Gasteiger partial charge in [-0.05, 0) is 6.92 Å². The summed E-state index contributed by atoms with van der Waals surface area (Å²) in [5.74, 6) is 6.60. The van der Waals surface area contributed by atoms with Crippen LogP contribution in [0.2, 0.25) is 5.15 Å². The van der Waals surface area contributed by atoms with E-state index in [0.717, 1.165) is 29.6 Å². The van der Waals surface area contributed by atoms with Gasteiger partial charge in [-0.25, -0.2) is 0 Å². The lowest BCUT2D eigenvalue weighted by Crippen LogP contribution is -2.04. The van der Waals surface area contributed by atoms with Gasteiger partial charge in [0.25, 0.3) is 0 Å². The van der Waals surface area contributed by atoms with Crippen molar-refractivity contribution in [3.05, 3.63) is 29.4 Å². The Morgan fingerprint density at radius 2 is 2.00 bits per heavy atom. The molecule has 0 atom stereocenters. The molecule has 1 aromatic heterocycles. The van der Waals surface area contributed by atoms with E-state index < -0.39 is 0 Å². The van der Waals surface area contributed by atoms with Gasteiger partial charge in [-0.1, -0.05) is 35.9 Å². The van der Waals surface area contributed by atoms with E-state index in [-0.39, 0.29) is 0 Å². The molecule has 0 saturated carbocycles. The van der Waals surface area contributed by atoms with Crippen LogP contribution < -0.4 is 5.32 Å². The number of hydrogen-bond donors (Lipinski definition) is 1. The van der Waals surface area contributed by atoms with Gasteiger partial charge in [-0.15, -0.1) is 22.0 Å². The Morgan fingerprint density at radius 3 is 2.76 bits per heavy atom. The number of hydrogen-bond acceptors (Lipinski definition) is 3. The molecule has 0 radical (unpaired) electrons. The quantitative estimate of drug-likeness (QED) is 0.667. The van der Waals surface area contributed by atoms with Crippen LogP contribution in [0.4, 0.5) is 5.82 Å². The summed E-state index contributed by atoms with van der Waals surface area (Å²) in [5.41, 5.74) is 0. The van der Waals surface area contributed by atoms with Crippen molar-refractivity contribution in [3.63, 3.8) is 0 Å². The normalized spacial score (nSPS) is 9.76. The molecule has 0 fully saturated rings. The van der Waals surface area contributed by atoms with Gasteiger partial charge in [0.05, 0.1) is 0 Å². The van der Waals surface area contributed by atoms with Crippen molar-refractivity contribution < 1.29 is 0 Å². The van der Waals surface area contributed by atoms with Crippen LogP contribution in [-0.2, 0) is 0 Å². The average molecular weight is 246 g/mol. The summed E-state index contributed by atoms with van der Waals surface area (Å²) in [6, 6.07) is 7.80. The summed E-state index contributed by atoms with van der Waals surface area (Å²) in [6.45, 7) is 2.58. The topological polar surface area (TPSA) is 37.8 Å². The summed E-state index contributed by atoms with van der Waals surface area (Å²) >= 11 is 5.99. The predicted molar refractivity (Wildman–Crippen MR) is 71.1 cm³/mol. The third-order valence-electron chi connectivity index (χ3n) is 2.36. The second kappa shape index (κ2) is 5.51. The number of fused-ring (bicyclic) bond motifs is 1. The largest absolute Gasteiger partial charge is 0.367 e. The molecule has 3 nitrogen and oxygen atoms in total. The lowest BCUT2D eigenvalue weighted by atomic mass is 10.2. The minimum atomic E-state index is 0.430. The Kier molecular flexibility index (Phi) is 3.79. The van der Waals surface area contributed by atoms with Crippen molar-refractivity contribution in [2.24, 2.45) is 0 Å². The number of nitrogens with one attached hydrogen (secondary N) is 1. The van der Waals surface area contributed by atoms with E-state index in [1.54, 1.807) is 0 Å². The van der Waals surface area contributed by atoms with Crippen LogP contribution in [0.1, 0.15) is 13.3 Å². The van der Waals surface area contributed by atoms with Gasteiger partial charge in [0, 0.05) is 23.7 Å². The predicted octanol–water partition coefficient (Wildman–Crippen LogP) is 3.11. The highest BCUT2D eigenvalue weighted by molar-refractivity contribution is 6.34. The summed E-state index contributed by atoms with van der Waals surface area (Å²) in [4.78, 5) is 0. The zero-order chi connectivity index (χ0) is 12.1. The van der Waals surface area contributed by atoms with E-state index >= 15 is 0 Å². The highest BCUT2D eigenvalue weighted by atomic mass is 35.5. The molecule has 4 heteroatoms. The average Bonchev–Trinajstić information content (AvgIpc) is 2.37. The van der Waals surface area contributed by atoms with Crippen molar-refractivity contribution in [1.29, 1.82) is 0 Å². The molecule has 0 aliphatic carbocycles. The van der Waals surface area contributed by atoms with Crippen molar-refractivity contribution in [1.82, 2.24) is 10.2 Å². The zero-order valence-electron chi connectivity index (χ0n) is 9.50. The lowest BCUT2D eigenvalue weighted by Gasteiger charge is -2.07. The van der Waals surface area contributed by atoms with Crippen LogP contribution in [0.3, 0.4) is 0 Å². The number of aromatic nitrogens is 2. The van der Waals surface area contributed by atoms with E-state index in [0.29, 0.717) is 5.15 Å². The number of anilines is 1. The minimum absolute atomic E-state index is 0.430. The molecule has 1 heterocycles. The summed E-state index contributed by atoms with van der Waals surface area (Å²) in [7, 11) is 0. The van der Waals surface area contributed by atoms with E-state index in [1.165, 1.54) is 0 Å². The third kappa shape index (κ3) is 2.66. The van der Waals surface area contributed by atoms with Gasteiger partial charge in [0.2, 0.25) is 0 Å². The Balaban J connectivity index is 2.27. The third-order valence-corrected chi connectivity index (χ3v) is 2.64. The fourth-order valence-electron chi connectivity index (χ4n) is 1.57. The first-order valence-electron chi connectivity index (χ1n) is 5.37. The van der Waals surface area contributed by atoms with Gasteiger partial charge < -0.3 is 5.32 Å². The van der Waals surface area contributed by atoms with Gasteiger partial charge in [0.1, 0.15) is 0 Å². The second-order valence-electron chi connectivity index (χ2n) is 3.49. The molecule has 0 spiro atoms. The van der Waals surface area contributed by atoms with E-state index in [2.05, 4.69) is 27.4 Å². The summed E-state index contributed by atoms with van der Waals surface area (Å²) < 4.78 is 0. The van der Waals surface area contributed by atoms with E-state index in [4.69, 9.17) is 11.6 Å². The van der Waals surface area contributed by atoms with Gasteiger partial charge in [-0.2, -0.15) is 0 Å². The first kappa shape index (κ1) is 11.7. The SMILES string of the molecule is CC#CCCNc1nnc(Cl)c2ccccc12. The second-order valence-corrected chi connectivity index (χ2v) is 3.85. The van der Waals surface area contributed by atoms with E-state index in [9.17, 15) is 0 Å². The van der Waals surface area contributed by atoms with Crippen LogP contribution >= 0.6 is 11.6 Å². The molecule has 2 aromatic rings. The maximum absolute atomic E-state index is 5.99.